The van der Waals surface area contributed by atoms with E-state index in [9.17, 15) is 9.59 Å². The molecule has 0 aliphatic heterocycles. The van der Waals surface area contributed by atoms with Crippen molar-refractivity contribution in [1.82, 2.24) is 5.32 Å². The van der Waals surface area contributed by atoms with Crippen molar-refractivity contribution in [2.45, 2.75) is 45.1 Å². The Labute approximate surface area is 107 Å². The number of hydrogen-bond donors (Lipinski definition) is 2. The molecule has 0 bridgehead atoms. The fourth-order valence-corrected chi connectivity index (χ4v) is 2.43. The number of amides is 1. The third kappa shape index (κ3) is 3.02. The van der Waals surface area contributed by atoms with Crippen LogP contribution >= 0.6 is 0 Å². The van der Waals surface area contributed by atoms with Crippen LogP contribution in [0.2, 0.25) is 0 Å². The molecular weight excluding hydrogens is 234 g/mol. The van der Waals surface area contributed by atoms with Crippen LogP contribution in [0.5, 0.6) is 0 Å². The van der Waals surface area contributed by atoms with Crippen LogP contribution in [-0.2, 0) is 14.3 Å². The highest BCUT2D eigenvalue weighted by molar-refractivity contribution is 5.81. The van der Waals surface area contributed by atoms with E-state index >= 15 is 0 Å². The number of ether oxygens (including phenoxy) is 1. The lowest BCUT2D eigenvalue weighted by Gasteiger charge is -2.34. The number of carboxylic acids is 1. The van der Waals surface area contributed by atoms with Crippen LogP contribution in [0.3, 0.4) is 0 Å². The molecule has 5 nitrogen and oxygen atoms in total. The largest absolute Gasteiger partial charge is 0.481 e. The van der Waals surface area contributed by atoms with Gasteiger partial charge < -0.3 is 15.2 Å². The van der Waals surface area contributed by atoms with Crippen LogP contribution in [0.25, 0.3) is 0 Å². The highest BCUT2D eigenvalue weighted by atomic mass is 16.5. The van der Waals surface area contributed by atoms with Gasteiger partial charge in [-0.1, -0.05) is 0 Å². The monoisotopic (exact) mass is 255 g/mol. The fraction of sp³-hybridized carbons (Fsp3) is 0.846. The minimum Gasteiger partial charge on any atom is -0.481 e. The third-order valence-corrected chi connectivity index (χ3v) is 4.00. The van der Waals surface area contributed by atoms with E-state index < -0.39 is 11.4 Å². The number of aliphatic carboxylic acids is 1. The van der Waals surface area contributed by atoms with Gasteiger partial charge in [-0.25, -0.2) is 0 Å². The molecule has 0 saturated heterocycles. The van der Waals surface area contributed by atoms with E-state index in [4.69, 9.17) is 9.84 Å². The van der Waals surface area contributed by atoms with E-state index in [2.05, 4.69) is 5.32 Å². The van der Waals surface area contributed by atoms with Crippen molar-refractivity contribution in [2.24, 2.45) is 11.3 Å². The maximum absolute atomic E-state index is 11.7. The Hall–Kier alpha value is -1.10. The molecule has 18 heavy (non-hydrogen) atoms. The summed E-state index contributed by atoms with van der Waals surface area (Å²) in [6.07, 6.45) is 4.08. The zero-order chi connectivity index (χ0) is 13.2. The molecule has 1 amide bonds. The summed E-state index contributed by atoms with van der Waals surface area (Å²) in [5.41, 5.74) is -0.664. The summed E-state index contributed by atoms with van der Waals surface area (Å²) in [4.78, 5) is 22.6. The number of carbonyl (C=O) groups is 2. The quantitative estimate of drug-likeness (QED) is 0.716. The Morgan fingerprint density at radius 3 is 2.56 bits per heavy atom. The molecule has 0 atom stereocenters. The molecule has 2 saturated carbocycles. The van der Waals surface area contributed by atoms with Crippen LogP contribution in [0.1, 0.15) is 39.0 Å². The molecule has 102 valence electrons. The van der Waals surface area contributed by atoms with Crippen molar-refractivity contribution >= 4 is 11.9 Å². The van der Waals surface area contributed by atoms with Gasteiger partial charge in [-0.3, -0.25) is 9.59 Å². The summed E-state index contributed by atoms with van der Waals surface area (Å²) in [6.45, 7) is 2.98. The predicted octanol–water partition coefficient (Wildman–Crippen LogP) is 1.17. The van der Waals surface area contributed by atoms with E-state index in [1.54, 1.807) is 0 Å². The van der Waals surface area contributed by atoms with Crippen LogP contribution < -0.4 is 5.32 Å². The van der Waals surface area contributed by atoms with Crippen molar-refractivity contribution < 1.29 is 19.4 Å². The average molecular weight is 255 g/mol. The highest BCUT2D eigenvalue weighted by Gasteiger charge is 2.50. The van der Waals surface area contributed by atoms with E-state index in [1.807, 2.05) is 6.92 Å². The molecule has 0 aromatic rings. The van der Waals surface area contributed by atoms with E-state index in [-0.39, 0.29) is 12.5 Å². The first-order valence-corrected chi connectivity index (χ1v) is 6.67. The van der Waals surface area contributed by atoms with Gasteiger partial charge in [0.15, 0.2) is 0 Å². The van der Waals surface area contributed by atoms with Crippen LogP contribution in [0.4, 0.5) is 0 Å². The van der Waals surface area contributed by atoms with Crippen LogP contribution in [0.15, 0.2) is 0 Å². The first-order chi connectivity index (χ1) is 8.55. The van der Waals surface area contributed by atoms with Crippen molar-refractivity contribution in [1.29, 1.82) is 0 Å². The Morgan fingerprint density at radius 1 is 1.39 bits per heavy atom. The van der Waals surface area contributed by atoms with Gasteiger partial charge in [0.05, 0.1) is 11.5 Å². The number of carbonyl (C=O) groups excluding carboxylic acids is 1. The van der Waals surface area contributed by atoms with Gasteiger partial charge in [-0.2, -0.15) is 0 Å². The molecule has 0 heterocycles. The molecule has 2 N–H and O–H groups in total. The second-order valence-electron chi connectivity index (χ2n) is 5.48. The van der Waals surface area contributed by atoms with E-state index in [0.29, 0.717) is 31.3 Å². The maximum atomic E-state index is 11.7. The van der Waals surface area contributed by atoms with Gasteiger partial charge in [0.25, 0.3) is 0 Å². The Balaban J connectivity index is 1.61. The predicted molar refractivity (Wildman–Crippen MR) is 65.1 cm³/mol. The first kappa shape index (κ1) is 13.3. The minimum absolute atomic E-state index is 0.0255. The smallest absolute Gasteiger partial charge is 0.311 e. The summed E-state index contributed by atoms with van der Waals surface area (Å²) < 4.78 is 5.44. The molecule has 5 heteroatoms. The number of carboxylic acid groups (broad SMARTS) is 1. The topological polar surface area (TPSA) is 75.6 Å². The zero-order valence-corrected chi connectivity index (χ0v) is 10.8. The molecule has 0 aromatic heterocycles. The Bertz CT molecular complexity index is 332. The fourth-order valence-electron chi connectivity index (χ4n) is 2.43. The third-order valence-electron chi connectivity index (χ3n) is 4.00. The molecule has 2 aliphatic carbocycles. The van der Waals surface area contributed by atoms with Crippen molar-refractivity contribution in [3.05, 3.63) is 0 Å². The van der Waals surface area contributed by atoms with Crippen molar-refractivity contribution in [3.63, 3.8) is 0 Å². The van der Waals surface area contributed by atoms with E-state index in [1.165, 1.54) is 0 Å². The van der Waals surface area contributed by atoms with Gasteiger partial charge in [0.1, 0.15) is 0 Å². The molecule has 0 aromatic carbocycles. The summed E-state index contributed by atoms with van der Waals surface area (Å²) in [7, 11) is 0. The standard InChI is InChI=1S/C13H21NO4/c1-2-18-10-5-9(6-10)7-11(15)14-8-13(3-4-13)12(16)17/h9-10H,2-8H2,1H3,(H,14,15)(H,16,17). The summed E-state index contributed by atoms with van der Waals surface area (Å²) in [5, 5.41) is 11.7. The zero-order valence-electron chi connectivity index (χ0n) is 10.8. The lowest BCUT2D eigenvalue weighted by atomic mass is 9.80. The summed E-state index contributed by atoms with van der Waals surface area (Å²) >= 11 is 0. The van der Waals surface area contributed by atoms with Crippen molar-refractivity contribution in [3.8, 4) is 0 Å². The molecular formula is C13H21NO4. The number of hydrogen-bond acceptors (Lipinski definition) is 3. The Kier molecular flexibility index (Phi) is 3.90. The molecule has 2 rings (SSSR count). The van der Waals surface area contributed by atoms with Gasteiger partial charge in [0, 0.05) is 19.6 Å². The van der Waals surface area contributed by atoms with Gasteiger partial charge >= 0.3 is 5.97 Å². The summed E-state index contributed by atoms with van der Waals surface area (Å²) in [6, 6.07) is 0. The molecule has 0 radical (unpaired) electrons. The lowest BCUT2D eigenvalue weighted by Crippen LogP contribution is -2.38. The van der Waals surface area contributed by atoms with Crippen LogP contribution in [-0.4, -0.2) is 36.2 Å². The molecule has 0 spiro atoms. The van der Waals surface area contributed by atoms with Crippen molar-refractivity contribution in [2.75, 3.05) is 13.2 Å². The minimum atomic E-state index is -0.789. The normalized spacial score (nSPS) is 28.3. The van der Waals surface area contributed by atoms with Gasteiger partial charge in [-0.05, 0) is 38.5 Å². The van der Waals surface area contributed by atoms with Gasteiger partial charge in [0.2, 0.25) is 5.91 Å². The second-order valence-corrected chi connectivity index (χ2v) is 5.48. The SMILES string of the molecule is CCOC1CC(CC(=O)NCC2(C(=O)O)CC2)C1. The average Bonchev–Trinajstić information content (AvgIpc) is 3.04. The first-order valence-electron chi connectivity index (χ1n) is 6.67. The number of rotatable bonds is 7. The summed E-state index contributed by atoms with van der Waals surface area (Å²) in [5.74, 6) is -0.410. The second kappa shape index (κ2) is 5.26. The molecule has 2 fully saturated rings. The number of nitrogens with one attached hydrogen (secondary N) is 1. The maximum Gasteiger partial charge on any atom is 0.311 e. The highest BCUT2D eigenvalue weighted by Crippen LogP contribution is 2.45. The van der Waals surface area contributed by atoms with E-state index in [0.717, 1.165) is 19.4 Å². The molecule has 0 unspecified atom stereocenters. The molecule has 2 aliphatic rings. The van der Waals surface area contributed by atoms with Crippen LogP contribution in [0, 0.1) is 11.3 Å². The lowest BCUT2D eigenvalue weighted by molar-refractivity contribution is -0.143. The Morgan fingerprint density at radius 2 is 2.06 bits per heavy atom. The van der Waals surface area contributed by atoms with Gasteiger partial charge in [-0.15, -0.1) is 0 Å².